The van der Waals surface area contributed by atoms with Crippen molar-refractivity contribution in [1.82, 2.24) is 0 Å². The molecule has 1 heterocycles. The SMILES string of the molecule is COc1ccc(N2CC[N+](C)(C)CC2)c(OC)c1OC.[I-]. The summed E-state index contributed by atoms with van der Waals surface area (Å²) >= 11 is 0. The minimum absolute atomic E-state index is 0. The predicted molar refractivity (Wildman–Crippen MR) is 80.2 cm³/mol. The van der Waals surface area contributed by atoms with E-state index in [1.54, 1.807) is 21.3 Å². The number of nitrogens with zero attached hydrogens (tertiary/aromatic N) is 2. The number of rotatable bonds is 4. The Morgan fingerprint density at radius 3 is 1.95 bits per heavy atom. The van der Waals surface area contributed by atoms with Crippen LogP contribution in [0.15, 0.2) is 12.1 Å². The molecule has 6 heteroatoms. The lowest BCUT2D eigenvalue weighted by molar-refractivity contribution is -0.890. The molecule has 0 unspecified atom stereocenters. The van der Waals surface area contributed by atoms with Crippen molar-refractivity contribution < 1.29 is 42.7 Å². The largest absolute Gasteiger partial charge is 1.00 e. The van der Waals surface area contributed by atoms with Crippen molar-refractivity contribution in [1.29, 1.82) is 0 Å². The molecule has 0 N–H and O–H groups in total. The van der Waals surface area contributed by atoms with E-state index in [0.717, 1.165) is 42.1 Å². The summed E-state index contributed by atoms with van der Waals surface area (Å²) < 4.78 is 17.4. The van der Waals surface area contributed by atoms with Crippen LogP contribution in [0, 0.1) is 0 Å². The molecule has 2 rings (SSSR count). The lowest BCUT2D eigenvalue weighted by Crippen LogP contribution is -3.00. The fraction of sp³-hybridized carbons (Fsp3) is 0.600. The molecule has 1 aliphatic rings. The zero-order chi connectivity index (χ0) is 14.8. The van der Waals surface area contributed by atoms with Gasteiger partial charge in [0.15, 0.2) is 11.5 Å². The van der Waals surface area contributed by atoms with Gasteiger partial charge >= 0.3 is 0 Å². The number of hydrogen-bond acceptors (Lipinski definition) is 4. The molecule has 1 fully saturated rings. The van der Waals surface area contributed by atoms with E-state index in [4.69, 9.17) is 14.2 Å². The van der Waals surface area contributed by atoms with Crippen molar-refractivity contribution in [3.8, 4) is 17.2 Å². The minimum atomic E-state index is 0. The molecular formula is C15H25IN2O3. The molecule has 0 atom stereocenters. The summed E-state index contributed by atoms with van der Waals surface area (Å²) in [7, 11) is 9.48. The topological polar surface area (TPSA) is 30.9 Å². The van der Waals surface area contributed by atoms with Crippen LogP contribution in [-0.2, 0) is 0 Å². The molecular weight excluding hydrogens is 383 g/mol. The maximum Gasteiger partial charge on any atom is 0.205 e. The highest BCUT2D eigenvalue weighted by Crippen LogP contribution is 2.44. The summed E-state index contributed by atoms with van der Waals surface area (Å²) in [5.41, 5.74) is 1.07. The van der Waals surface area contributed by atoms with Crippen molar-refractivity contribution in [2.45, 2.75) is 0 Å². The molecule has 120 valence electrons. The van der Waals surface area contributed by atoms with Crippen LogP contribution >= 0.6 is 0 Å². The molecule has 0 aliphatic carbocycles. The number of quaternary nitrogens is 1. The van der Waals surface area contributed by atoms with Crippen LogP contribution in [0.4, 0.5) is 5.69 Å². The van der Waals surface area contributed by atoms with E-state index >= 15 is 0 Å². The van der Waals surface area contributed by atoms with E-state index < -0.39 is 0 Å². The Morgan fingerprint density at radius 2 is 1.48 bits per heavy atom. The molecule has 0 amide bonds. The maximum atomic E-state index is 5.56. The third kappa shape index (κ3) is 3.85. The molecule has 0 spiro atoms. The first kappa shape index (κ1) is 18.2. The van der Waals surface area contributed by atoms with Crippen molar-refractivity contribution in [3.05, 3.63) is 12.1 Å². The number of methoxy groups -OCH3 is 3. The average molecular weight is 408 g/mol. The number of ether oxygens (including phenoxy) is 3. The van der Waals surface area contributed by atoms with E-state index in [1.165, 1.54) is 0 Å². The Balaban J connectivity index is 0.00000220. The monoisotopic (exact) mass is 408 g/mol. The number of benzene rings is 1. The minimum Gasteiger partial charge on any atom is -1.00 e. The second-order valence-electron chi connectivity index (χ2n) is 5.72. The number of halogens is 1. The highest BCUT2D eigenvalue weighted by molar-refractivity contribution is 5.69. The van der Waals surface area contributed by atoms with Gasteiger partial charge in [0.25, 0.3) is 0 Å². The van der Waals surface area contributed by atoms with Gasteiger partial charge in [-0.15, -0.1) is 0 Å². The summed E-state index contributed by atoms with van der Waals surface area (Å²) in [4.78, 5) is 2.35. The quantitative estimate of drug-likeness (QED) is 0.454. The van der Waals surface area contributed by atoms with Gasteiger partial charge in [-0.3, -0.25) is 0 Å². The van der Waals surface area contributed by atoms with Crippen LogP contribution in [0.5, 0.6) is 17.2 Å². The Morgan fingerprint density at radius 1 is 0.905 bits per heavy atom. The van der Waals surface area contributed by atoms with Gasteiger partial charge in [0, 0.05) is 0 Å². The Kier molecular flexibility index (Phi) is 6.40. The second kappa shape index (κ2) is 7.40. The van der Waals surface area contributed by atoms with Gasteiger partial charge < -0.3 is 47.6 Å². The van der Waals surface area contributed by atoms with E-state index in [9.17, 15) is 0 Å². The summed E-state index contributed by atoms with van der Waals surface area (Å²) in [6, 6.07) is 3.98. The molecule has 1 aromatic carbocycles. The number of hydrogen-bond donors (Lipinski definition) is 0. The normalized spacial score (nSPS) is 16.9. The molecule has 5 nitrogen and oxygen atoms in total. The first-order chi connectivity index (χ1) is 9.52. The van der Waals surface area contributed by atoms with Gasteiger partial charge in [-0.25, -0.2) is 0 Å². The van der Waals surface area contributed by atoms with E-state index in [1.807, 2.05) is 12.1 Å². The second-order valence-corrected chi connectivity index (χ2v) is 5.72. The summed E-state index contributed by atoms with van der Waals surface area (Å²) in [6.07, 6.45) is 0. The summed E-state index contributed by atoms with van der Waals surface area (Å²) in [5.74, 6) is 2.10. The third-order valence-corrected chi connectivity index (χ3v) is 3.97. The van der Waals surface area contributed by atoms with Crippen LogP contribution < -0.4 is 43.1 Å². The molecule has 1 aliphatic heterocycles. The zero-order valence-electron chi connectivity index (χ0n) is 13.5. The lowest BCUT2D eigenvalue weighted by atomic mass is 10.2. The van der Waals surface area contributed by atoms with E-state index in [-0.39, 0.29) is 24.0 Å². The summed E-state index contributed by atoms with van der Waals surface area (Å²) in [6.45, 7) is 4.27. The average Bonchev–Trinajstić information content (AvgIpc) is 2.45. The molecule has 21 heavy (non-hydrogen) atoms. The first-order valence-electron chi connectivity index (χ1n) is 6.88. The molecule has 0 saturated carbocycles. The number of piperazine rings is 1. The van der Waals surface area contributed by atoms with Crippen molar-refractivity contribution >= 4 is 5.69 Å². The van der Waals surface area contributed by atoms with Crippen LogP contribution in [0.2, 0.25) is 0 Å². The third-order valence-electron chi connectivity index (χ3n) is 3.97. The molecule has 1 saturated heterocycles. The first-order valence-corrected chi connectivity index (χ1v) is 6.88. The van der Waals surface area contributed by atoms with Crippen LogP contribution in [0.25, 0.3) is 0 Å². The van der Waals surface area contributed by atoms with Crippen LogP contribution in [-0.4, -0.2) is 66.1 Å². The van der Waals surface area contributed by atoms with Gasteiger partial charge in [-0.1, -0.05) is 0 Å². The summed E-state index contributed by atoms with van der Waals surface area (Å²) in [5, 5.41) is 0. The smallest absolute Gasteiger partial charge is 0.205 e. The fourth-order valence-electron chi connectivity index (χ4n) is 2.58. The van der Waals surface area contributed by atoms with Gasteiger partial charge in [-0.05, 0) is 12.1 Å². The fourth-order valence-corrected chi connectivity index (χ4v) is 2.58. The van der Waals surface area contributed by atoms with Crippen LogP contribution in [0.1, 0.15) is 0 Å². The van der Waals surface area contributed by atoms with Crippen molar-refractivity contribution in [2.24, 2.45) is 0 Å². The highest BCUT2D eigenvalue weighted by Gasteiger charge is 2.27. The van der Waals surface area contributed by atoms with Crippen molar-refractivity contribution in [3.63, 3.8) is 0 Å². The van der Waals surface area contributed by atoms with Gasteiger partial charge in [0.1, 0.15) is 0 Å². The maximum absolute atomic E-state index is 5.56. The van der Waals surface area contributed by atoms with Crippen molar-refractivity contribution in [2.75, 3.05) is 66.5 Å². The standard InChI is InChI=1S/C15H25N2O3.HI/c1-17(2)10-8-16(9-11-17)12-6-7-13(18-3)15(20-5)14(12)19-4;/h6-7H,8-11H2,1-5H3;1H/q+1;/p-1. The lowest BCUT2D eigenvalue weighted by Gasteiger charge is -2.40. The molecule has 0 bridgehead atoms. The van der Waals surface area contributed by atoms with E-state index in [0.29, 0.717) is 11.5 Å². The van der Waals surface area contributed by atoms with Gasteiger partial charge in [-0.2, -0.15) is 0 Å². The van der Waals surface area contributed by atoms with Crippen LogP contribution in [0.3, 0.4) is 0 Å². The van der Waals surface area contributed by atoms with Gasteiger partial charge in [0.2, 0.25) is 5.75 Å². The Bertz CT molecular complexity index is 470. The predicted octanol–water partition coefficient (Wildman–Crippen LogP) is -1.39. The Hall–Kier alpha value is -0.890. The molecule has 1 aromatic rings. The van der Waals surface area contributed by atoms with Gasteiger partial charge in [0.05, 0.1) is 67.3 Å². The number of likely N-dealkylation sites (N-methyl/N-ethyl adjacent to an activating group) is 1. The number of anilines is 1. The molecule has 0 aromatic heterocycles. The molecule has 0 radical (unpaired) electrons. The zero-order valence-corrected chi connectivity index (χ0v) is 15.6. The van der Waals surface area contributed by atoms with E-state index in [2.05, 4.69) is 19.0 Å². The highest BCUT2D eigenvalue weighted by atomic mass is 127. The Labute approximate surface area is 144 Å².